The fourth-order valence-corrected chi connectivity index (χ4v) is 2.18. The van der Waals surface area contributed by atoms with Gasteiger partial charge in [0.15, 0.2) is 6.61 Å². The van der Waals surface area contributed by atoms with Crippen molar-refractivity contribution in [1.29, 1.82) is 0 Å². The average molecular weight is 246 g/mol. The monoisotopic (exact) mass is 246 g/mol. The van der Waals surface area contributed by atoms with Gasteiger partial charge in [-0.1, -0.05) is 18.2 Å². The number of ketones is 1. The maximum Gasteiger partial charge on any atom is 0.210 e. The summed E-state index contributed by atoms with van der Waals surface area (Å²) in [6, 6.07) is 9.55. The summed E-state index contributed by atoms with van der Waals surface area (Å²) < 4.78 is 5.56. The fourth-order valence-electron chi connectivity index (χ4n) is 1.53. The summed E-state index contributed by atoms with van der Waals surface area (Å²) in [6.07, 6.45) is 0. The number of carbonyl (C=O) groups is 1. The highest BCUT2D eigenvalue weighted by Crippen LogP contribution is 2.21. The second-order valence-corrected chi connectivity index (χ2v) is 4.83. The Kier molecular flexibility index (Phi) is 3.59. The van der Waals surface area contributed by atoms with Crippen LogP contribution in [0.25, 0.3) is 0 Å². The van der Waals surface area contributed by atoms with E-state index >= 15 is 0 Å². The van der Waals surface area contributed by atoms with E-state index in [2.05, 4.69) is 0 Å². The van der Waals surface area contributed by atoms with Gasteiger partial charge in [0, 0.05) is 0 Å². The molecule has 0 aliphatic heterocycles. The summed E-state index contributed by atoms with van der Waals surface area (Å²) in [5.74, 6) is 0.816. The molecule has 0 unspecified atom stereocenters. The van der Waals surface area contributed by atoms with Gasteiger partial charge < -0.3 is 4.74 Å². The van der Waals surface area contributed by atoms with Gasteiger partial charge in [-0.15, -0.1) is 11.3 Å². The zero-order valence-electron chi connectivity index (χ0n) is 9.90. The van der Waals surface area contributed by atoms with Gasteiger partial charge in [-0.25, -0.2) is 0 Å². The van der Waals surface area contributed by atoms with E-state index in [-0.39, 0.29) is 12.4 Å². The standard InChI is InChI=1S/C14H14O2S/c1-10-5-3-6-13(11(10)2)16-9-12(15)14-7-4-8-17-14/h3-8H,9H2,1-2H3. The molecule has 88 valence electrons. The summed E-state index contributed by atoms with van der Waals surface area (Å²) in [5.41, 5.74) is 2.26. The van der Waals surface area contributed by atoms with Crippen molar-refractivity contribution >= 4 is 17.1 Å². The molecule has 0 atom stereocenters. The topological polar surface area (TPSA) is 26.3 Å². The van der Waals surface area contributed by atoms with Gasteiger partial charge in [-0.2, -0.15) is 0 Å². The lowest BCUT2D eigenvalue weighted by Gasteiger charge is -2.09. The number of hydrogen-bond donors (Lipinski definition) is 0. The summed E-state index contributed by atoms with van der Waals surface area (Å²) >= 11 is 1.44. The number of ether oxygens (including phenoxy) is 1. The van der Waals surface area contributed by atoms with Crippen LogP contribution in [0.15, 0.2) is 35.7 Å². The molecule has 0 N–H and O–H groups in total. The van der Waals surface area contributed by atoms with E-state index in [0.717, 1.165) is 16.2 Å². The van der Waals surface area contributed by atoms with Gasteiger partial charge in [0.1, 0.15) is 5.75 Å². The number of Topliss-reactive ketones (excluding diaryl/α,β-unsaturated/α-hetero) is 1. The van der Waals surface area contributed by atoms with Crippen LogP contribution in [0.1, 0.15) is 20.8 Å². The van der Waals surface area contributed by atoms with E-state index < -0.39 is 0 Å². The lowest BCUT2D eigenvalue weighted by molar-refractivity contribution is 0.0925. The lowest BCUT2D eigenvalue weighted by atomic mass is 10.1. The third-order valence-electron chi connectivity index (χ3n) is 2.71. The third-order valence-corrected chi connectivity index (χ3v) is 3.62. The minimum atomic E-state index is 0.0286. The van der Waals surface area contributed by atoms with Crippen molar-refractivity contribution in [2.45, 2.75) is 13.8 Å². The number of rotatable bonds is 4. The van der Waals surface area contributed by atoms with E-state index in [1.54, 1.807) is 0 Å². The number of hydrogen-bond acceptors (Lipinski definition) is 3. The average Bonchev–Trinajstić information content (AvgIpc) is 2.84. The molecule has 0 spiro atoms. The Hall–Kier alpha value is -1.61. The molecule has 0 amide bonds. The van der Waals surface area contributed by atoms with Crippen molar-refractivity contribution in [1.82, 2.24) is 0 Å². The minimum Gasteiger partial charge on any atom is -0.485 e. The largest absolute Gasteiger partial charge is 0.485 e. The SMILES string of the molecule is Cc1cccc(OCC(=O)c2cccs2)c1C. The van der Waals surface area contributed by atoms with E-state index in [1.807, 2.05) is 49.6 Å². The van der Waals surface area contributed by atoms with E-state index in [0.29, 0.717) is 0 Å². The molecule has 0 saturated heterocycles. The van der Waals surface area contributed by atoms with Gasteiger partial charge in [0.25, 0.3) is 0 Å². The van der Waals surface area contributed by atoms with Crippen LogP contribution in [0.3, 0.4) is 0 Å². The molecule has 0 aliphatic rings. The Morgan fingerprint density at radius 3 is 2.76 bits per heavy atom. The van der Waals surface area contributed by atoms with Crippen LogP contribution in [0.2, 0.25) is 0 Å². The predicted molar refractivity (Wildman–Crippen MR) is 70.1 cm³/mol. The summed E-state index contributed by atoms with van der Waals surface area (Å²) in [4.78, 5) is 12.5. The molecule has 2 rings (SSSR count). The van der Waals surface area contributed by atoms with Gasteiger partial charge in [0.05, 0.1) is 4.88 Å². The predicted octanol–water partition coefficient (Wildman–Crippen LogP) is 3.63. The second-order valence-electron chi connectivity index (χ2n) is 3.89. The highest BCUT2D eigenvalue weighted by molar-refractivity contribution is 7.12. The Balaban J connectivity index is 2.03. The first-order valence-corrected chi connectivity index (χ1v) is 6.32. The van der Waals surface area contributed by atoms with Crippen LogP contribution in [-0.2, 0) is 0 Å². The van der Waals surface area contributed by atoms with Crippen molar-refractivity contribution in [2.75, 3.05) is 6.61 Å². The van der Waals surface area contributed by atoms with Crippen molar-refractivity contribution in [3.8, 4) is 5.75 Å². The zero-order valence-corrected chi connectivity index (χ0v) is 10.7. The van der Waals surface area contributed by atoms with Crippen LogP contribution in [0.5, 0.6) is 5.75 Å². The van der Waals surface area contributed by atoms with Crippen LogP contribution in [0.4, 0.5) is 0 Å². The van der Waals surface area contributed by atoms with Crippen molar-refractivity contribution in [3.05, 3.63) is 51.7 Å². The van der Waals surface area contributed by atoms with Gasteiger partial charge in [0.2, 0.25) is 5.78 Å². The quantitative estimate of drug-likeness (QED) is 0.770. The number of benzene rings is 1. The van der Waals surface area contributed by atoms with Crippen molar-refractivity contribution in [2.24, 2.45) is 0 Å². The van der Waals surface area contributed by atoms with Crippen LogP contribution in [0, 0.1) is 13.8 Å². The maximum atomic E-state index is 11.8. The molecule has 0 aliphatic carbocycles. The van der Waals surface area contributed by atoms with Gasteiger partial charge >= 0.3 is 0 Å². The first-order chi connectivity index (χ1) is 8.18. The Morgan fingerprint density at radius 1 is 1.24 bits per heavy atom. The maximum absolute atomic E-state index is 11.8. The first-order valence-electron chi connectivity index (χ1n) is 5.44. The van der Waals surface area contributed by atoms with Gasteiger partial charge in [-0.3, -0.25) is 4.79 Å². The molecule has 1 heterocycles. The molecule has 0 fully saturated rings. The number of aryl methyl sites for hydroxylation is 1. The molecular weight excluding hydrogens is 232 g/mol. The Bertz CT molecular complexity index is 515. The minimum absolute atomic E-state index is 0.0286. The Labute approximate surface area is 105 Å². The molecule has 0 bridgehead atoms. The summed E-state index contributed by atoms with van der Waals surface area (Å²) in [7, 11) is 0. The molecule has 3 heteroatoms. The van der Waals surface area contributed by atoms with Crippen molar-refractivity contribution in [3.63, 3.8) is 0 Å². The molecule has 0 saturated carbocycles. The van der Waals surface area contributed by atoms with Crippen LogP contribution < -0.4 is 4.74 Å². The molecule has 17 heavy (non-hydrogen) atoms. The van der Waals surface area contributed by atoms with E-state index in [4.69, 9.17) is 4.74 Å². The molecular formula is C14H14O2S. The molecule has 1 aromatic heterocycles. The van der Waals surface area contributed by atoms with Gasteiger partial charge in [-0.05, 0) is 42.5 Å². The van der Waals surface area contributed by atoms with Crippen LogP contribution in [-0.4, -0.2) is 12.4 Å². The zero-order chi connectivity index (χ0) is 12.3. The van der Waals surface area contributed by atoms with Crippen LogP contribution >= 0.6 is 11.3 Å². The van der Waals surface area contributed by atoms with E-state index in [9.17, 15) is 4.79 Å². The third kappa shape index (κ3) is 2.74. The molecule has 2 nitrogen and oxygen atoms in total. The molecule has 2 aromatic rings. The highest BCUT2D eigenvalue weighted by atomic mass is 32.1. The summed E-state index contributed by atoms with van der Waals surface area (Å²) in [6.45, 7) is 4.13. The smallest absolute Gasteiger partial charge is 0.210 e. The number of thiophene rings is 1. The number of carbonyl (C=O) groups excluding carboxylic acids is 1. The second kappa shape index (κ2) is 5.15. The van der Waals surface area contributed by atoms with E-state index in [1.165, 1.54) is 16.9 Å². The first kappa shape index (κ1) is 11.9. The Morgan fingerprint density at radius 2 is 2.06 bits per heavy atom. The fraction of sp³-hybridized carbons (Fsp3) is 0.214. The lowest BCUT2D eigenvalue weighted by Crippen LogP contribution is -2.10. The normalized spacial score (nSPS) is 10.2. The molecule has 1 aromatic carbocycles. The molecule has 0 radical (unpaired) electrons. The van der Waals surface area contributed by atoms with Crippen molar-refractivity contribution < 1.29 is 9.53 Å². The highest BCUT2D eigenvalue weighted by Gasteiger charge is 2.09. The summed E-state index contributed by atoms with van der Waals surface area (Å²) in [5, 5.41) is 1.89.